The van der Waals surface area contributed by atoms with Crippen LogP contribution in [-0.2, 0) is 5.41 Å². The van der Waals surface area contributed by atoms with Gasteiger partial charge in [-0.3, -0.25) is 0 Å². The molecule has 0 fully saturated rings. The van der Waals surface area contributed by atoms with Crippen LogP contribution in [0.4, 0.5) is 0 Å². The molecule has 0 aromatic heterocycles. The smallest absolute Gasteiger partial charge is 0.157 e. The maximum atomic E-state index is 10.6. The van der Waals surface area contributed by atoms with E-state index in [1.54, 1.807) is 0 Å². The van der Waals surface area contributed by atoms with Crippen molar-refractivity contribution >= 4 is 0 Å². The molecule has 36 heavy (non-hydrogen) atoms. The molecule has 0 aliphatic rings. The fourth-order valence-corrected chi connectivity index (χ4v) is 5.42. The van der Waals surface area contributed by atoms with Gasteiger partial charge in [-0.05, 0) is 61.0 Å². The van der Waals surface area contributed by atoms with Gasteiger partial charge in [-0.25, -0.2) is 0 Å². The summed E-state index contributed by atoms with van der Waals surface area (Å²) >= 11 is 0. The number of hydrogen-bond acceptors (Lipinski definition) is 2. The lowest BCUT2D eigenvalue weighted by Gasteiger charge is -2.40. The zero-order valence-electron chi connectivity index (χ0n) is 24.2. The highest BCUT2D eigenvalue weighted by molar-refractivity contribution is 5.30. The van der Waals surface area contributed by atoms with E-state index >= 15 is 0 Å². The number of benzene rings is 1. The first-order valence-electron chi connectivity index (χ1n) is 14.8. The van der Waals surface area contributed by atoms with Crippen LogP contribution in [0.2, 0.25) is 0 Å². The first-order valence-corrected chi connectivity index (χ1v) is 14.8. The van der Waals surface area contributed by atoms with E-state index in [1.165, 1.54) is 68.9 Å². The highest BCUT2D eigenvalue weighted by Crippen LogP contribution is 2.46. The van der Waals surface area contributed by atoms with Crippen molar-refractivity contribution in [2.45, 2.75) is 148 Å². The molecule has 2 unspecified atom stereocenters. The fraction of sp³-hybridized carbons (Fsp3) is 0.706. The van der Waals surface area contributed by atoms with Gasteiger partial charge in [-0.2, -0.15) is 0 Å². The standard InChI is InChI=1S/C34H58O2/c1-7-9-11-13-15-17-19-21-23-31(29-24-26-30(27-25-29)33(3,4)5)34(6,32(35)36)28-22-20-18-16-14-12-10-8-2/h7-8,24-27,31-32,35-36H,1-2,9-23,28H2,3-6H3. The zero-order chi connectivity index (χ0) is 26.9. The van der Waals surface area contributed by atoms with Crippen LogP contribution in [0.15, 0.2) is 49.6 Å². The van der Waals surface area contributed by atoms with Gasteiger partial charge >= 0.3 is 0 Å². The van der Waals surface area contributed by atoms with E-state index in [0.29, 0.717) is 0 Å². The molecular weight excluding hydrogens is 440 g/mol. The molecule has 0 aliphatic heterocycles. The van der Waals surface area contributed by atoms with E-state index in [0.717, 1.165) is 44.9 Å². The number of unbranched alkanes of at least 4 members (excludes halogenated alkanes) is 12. The minimum atomic E-state index is -1.31. The van der Waals surface area contributed by atoms with Crippen LogP contribution in [0, 0.1) is 5.41 Å². The van der Waals surface area contributed by atoms with Gasteiger partial charge in [0.05, 0.1) is 0 Å². The fourth-order valence-electron chi connectivity index (χ4n) is 5.42. The largest absolute Gasteiger partial charge is 0.368 e. The molecule has 0 radical (unpaired) electrons. The quantitative estimate of drug-likeness (QED) is 0.101. The summed E-state index contributed by atoms with van der Waals surface area (Å²) in [7, 11) is 0. The van der Waals surface area contributed by atoms with Gasteiger partial charge in [0.25, 0.3) is 0 Å². The van der Waals surface area contributed by atoms with Crippen LogP contribution < -0.4 is 0 Å². The summed E-state index contributed by atoms with van der Waals surface area (Å²) < 4.78 is 0. The van der Waals surface area contributed by atoms with Crippen molar-refractivity contribution in [3.63, 3.8) is 0 Å². The average Bonchev–Trinajstić information content (AvgIpc) is 2.84. The minimum absolute atomic E-state index is 0.116. The van der Waals surface area contributed by atoms with Crippen LogP contribution in [0.1, 0.15) is 147 Å². The predicted octanol–water partition coefficient (Wildman–Crippen LogP) is 10.00. The van der Waals surface area contributed by atoms with E-state index in [1.807, 2.05) is 12.2 Å². The molecule has 1 rings (SSSR count). The Morgan fingerprint density at radius 2 is 1.11 bits per heavy atom. The lowest BCUT2D eigenvalue weighted by Crippen LogP contribution is -2.38. The lowest BCUT2D eigenvalue weighted by molar-refractivity contribution is -0.143. The summed E-state index contributed by atoms with van der Waals surface area (Å²) in [6, 6.07) is 8.99. The van der Waals surface area contributed by atoms with Crippen LogP contribution in [0.25, 0.3) is 0 Å². The molecular formula is C34H58O2. The van der Waals surface area contributed by atoms with Crippen LogP contribution >= 0.6 is 0 Å². The Morgan fingerprint density at radius 3 is 1.56 bits per heavy atom. The van der Waals surface area contributed by atoms with E-state index in [4.69, 9.17) is 0 Å². The third-order valence-corrected chi connectivity index (χ3v) is 8.09. The van der Waals surface area contributed by atoms with Gasteiger partial charge in [0, 0.05) is 5.41 Å². The molecule has 0 spiro atoms. The molecule has 1 aromatic rings. The van der Waals surface area contributed by atoms with Gasteiger partial charge in [-0.1, -0.05) is 128 Å². The van der Waals surface area contributed by atoms with Crippen molar-refractivity contribution in [1.29, 1.82) is 0 Å². The third-order valence-electron chi connectivity index (χ3n) is 8.09. The minimum Gasteiger partial charge on any atom is -0.368 e. The number of rotatable bonds is 21. The number of aliphatic hydroxyl groups excluding tert-OH is 1. The van der Waals surface area contributed by atoms with Crippen molar-refractivity contribution in [1.82, 2.24) is 0 Å². The molecule has 2 nitrogen and oxygen atoms in total. The Balaban J connectivity index is 2.83. The zero-order valence-corrected chi connectivity index (χ0v) is 24.2. The Kier molecular flexibility index (Phi) is 16.3. The van der Waals surface area contributed by atoms with Crippen molar-refractivity contribution in [2.75, 3.05) is 0 Å². The van der Waals surface area contributed by atoms with Crippen molar-refractivity contribution < 1.29 is 10.2 Å². The normalized spacial score (nSPS) is 14.5. The Morgan fingerprint density at radius 1 is 0.667 bits per heavy atom. The maximum Gasteiger partial charge on any atom is 0.157 e. The summed E-state index contributed by atoms with van der Waals surface area (Å²) in [6.45, 7) is 16.5. The second kappa shape index (κ2) is 18.0. The second-order valence-corrected chi connectivity index (χ2v) is 12.2. The first-order chi connectivity index (χ1) is 17.2. The van der Waals surface area contributed by atoms with E-state index in [-0.39, 0.29) is 11.3 Å². The van der Waals surface area contributed by atoms with E-state index in [2.05, 4.69) is 65.1 Å². The Labute approximate surface area is 224 Å². The summed E-state index contributed by atoms with van der Waals surface area (Å²) in [5.41, 5.74) is 2.17. The third kappa shape index (κ3) is 12.2. The number of allylic oxidation sites excluding steroid dienone is 2. The predicted molar refractivity (Wildman–Crippen MR) is 158 cm³/mol. The monoisotopic (exact) mass is 498 g/mol. The van der Waals surface area contributed by atoms with Crippen molar-refractivity contribution in [3.8, 4) is 0 Å². The molecule has 2 atom stereocenters. The van der Waals surface area contributed by atoms with E-state index < -0.39 is 11.7 Å². The molecule has 0 saturated heterocycles. The van der Waals surface area contributed by atoms with Crippen molar-refractivity contribution in [3.05, 3.63) is 60.7 Å². The average molecular weight is 499 g/mol. The van der Waals surface area contributed by atoms with Gasteiger partial charge in [0.2, 0.25) is 0 Å². The highest BCUT2D eigenvalue weighted by Gasteiger charge is 2.40. The van der Waals surface area contributed by atoms with Gasteiger partial charge < -0.3 is 10.2 Å². The molecule has 2 N–H and O–H groups in total. The first kappa shape index (κ1) is 32.6. The van der Waals surface area contributed by atoms with Crippen LogP contribution in [-0.4, -0.2) is 16.5 Å². The van der Waals surface area contributed by atoms with E-state index in [9.17, 15) is 10.2 Å². The summed E-state index contributed by atoms with van der Waals surface area (Å²) in [4.78, 5) is 0. The number of aliphatic hydroxyl groups is 2. The molecule has 0 saturated carbocycles. The van der Waals surface area contributed by atoms with Gasteiger partial charge in [-0.15, -0.1) is 13.2 Å². The summed E-state index contributed by atoms with van der Waals surface area (Å²) in [5, 5.41) is 21.3. The SMILES string of the molecule is C=CCCCCCCCCC(c1ccc(C(C)(C)C)cc1)C(C)(CCCCCCCCC=C)C(O)O. The maximum absolute atomic E-state index is 10.6. The second-order valence-electron chi connectivity index (χ2n) is 12.2. The molecule has 0 heterocycles. The molecule has 1 aromatic carbocycles. The molecule has 0 amide bonds. The van der Waals surface area contributed by atoms with Crippen LogP contribution in [0.5, 0.6) is 0 Å². The summed E-state index contributed by atoms with van der Waals surface area (Å²) in [5.74, 6) is 0.153. The Hall–Kier alpha value is -1.38. The topological polar surface area (TPSA) is 40.5 Å². The lowest BCUT2D eigenvalue weighted by atomic mass is 9.67. The molecule has 206 valence electrons. The van der Waals surface area contributed by atoms with Gasteiger partial charge in [0.15, 0.2) is 6.29 Å². The molecule has 0 bridgehead atoms. The molecule has 0 aliphatic carbocycles. The number of hydrogen-bond donors (Lipinski definition) is 2. The molecule has 2 heteroatoms. The van der Waals surface area contributed by atoms with Crippen LogP contribution in [0.3, 0.4) is 0 Å². The Bertz CT molecular complexity index is 697. The van der Waals surface area contributed by atoms with Crippen molar-refractivity contribution in [2.24, 2.45) is 5.41 Å². The highest BCUT2D eigenvalue weighted by atomic mass is 16.5. The summed E-state index contributed by atoms with van der Waals surface area (Å²) in [6.07, 6.45) is 21.4. The van der Waals surface area contributed by atoms with Gasteiger partial charge in [0.1, 0.15) is 0 Å².